The summed E-state index contributed by atoms with van der Waals surface area (Å²) in [7, 11) is 2.21. The van der Waals surface area contributed by atoms with Gasteiger partial charge in [-0.2, -0.15) is 0 Å². The molecule has 0 spiro atoms. The quantitative estimate of drug-likeness (QED) is 0.874. The Labute approximate surface area is 109 Å². The lowest BCUT2D eigenvalue weighted by Gasteiger charge is -2.30. The van der Waals surface area contributed by atoms with Crippen LogP contribution in [0.2, 0.25) is 0 Å². The second-order valence-electron chi connectivity index (χ2n) is 5.49. The molecule has 1 unspecified atom stereocenters. The molecular formula is C15H22N2O. The van der Waals surface area contributed by atoms with Crippen LogP contribution < -0.4 is 10.1 Å². The number of nitrogens with one attached hydrogen (secondary N) is 1. The van der Waals surface area contributed by atoms with Crippen LogP contribution in [-0.4, -0.2) is 44.2 Å². The van der Waals surface area contributed by atoms with Crippen LogP contribution in [-0.2, 0) is 12.8 Å². The van der Waals surface area contributed by atoms with Crippen molar-refractivity contribution in [1.29, 1.82) is 0 Å². The monoisotopic (exact) mass is 246 g/mol. The molecule has 1 atom stereocenters. The van der Waals surface area contributed by atoms with Crippen LogP contribution in [0, 0.1) is 0 Å². The highest BCUT2D eigenvalue weighted by Gasteiger charge is 2.17. The number of benzene rings is 1. The van der Waals surface area contributed by atoms with Crippen molar-refractivity contribution in [2.24, 2.45) is 0 Å². The number of fused-ring (bicyclic) bond motifs is 1. The zero-order valence-corrected chi connectivity index (χ0v) is 11.1. The first-order valence-corrected chi connectivity index (χ1v) is 6.98. The molecule has 0 bridgehead atoms. The van der Waals surface area contributed by atoms with Crippen LogP contribution in [0.5, 0.6) is 5.75 Å². The molecule has 0 aromatic heterocycles. The molecule has 3 rings (SSSR count). The Morgan fingerprint density at radius 1 is 1.44 bits per heavy atom. The second kappa shape index (κ2) is 5.29. The van der Waals surface area contributed by atoms with Gasteiger partial charge in [0.05, 0.1) is 6.61 Å². The average molecular weight is 246 g/mol. The maximum Gasteiger partial charge on any atom is 0.122 e. The Balaban J connectivity index is 1.56. The lowest BCUT2D eigenvalue weighted by atomic mass is 10.0. The minimum Gasteiger partial charge on any atom is -0.493 e. The smallest absolute Gasteiger partial charge is 0.122 e. The van der Waals surface area contributed by atoms with Gasteiger partial charge < -0.3 is 15.0 Å². The van der Waals surface area contributed by atoms with Crippen molar-refractivity contribution in [3.8, 4) is 5.75 Å². The van der Waals surface area contributed by atoms with Gasteiger partial charge in [0.15, 0.2) is 0 Å². The standard InChI is InChI=1S/C15H22N2O/c1-17-8-7-16-14(11-17)4-2-12-3-5-15-13(10-12)6-9-18-15/h3,5,10,14,16H,2,4,6-9,11H2,1H3. The fourth-order valence-electron chi connectivity index (χ4n) is 2.92. The van der Waals surface area contributed by atoms with Gasteiger partial charge in [0.1, 0.15) is 5.75 Å². The van der Waals surface area contributed by atoms with Crippen molar-refractivity contribution in [3.05, 3.63) is 29.3 Å². The largest absolute Gasteiger partial charge is 0.493 e. The lowest BCUT2D eigenvalue weighted by molar-refractivity contribution is 0.232. The summed E-state index contributed by atoms with van der Waals surface area (Å²) in [6.07, 6.45) is 3.47. The van der Waals surface area contributed by atoms with E-state index in [-0.39, 0.29) is 0 Å². The molecule has 3 heteroatoms. The molecule has 2 aliphatic rings. The van der Waals surface area contributed by atoms with E-state index >= 15 is 0 Å². The third-order valence-corrected chi connectivity index (χ3v) is 3.99. The molecule has 1 N–H and O–H groups in total. The van der Waals surface area contributed by atoms with Crippen LogP contribution in [0.3, 0.4) is 0 Å². The Morgan fingerprint density at radius 2 is 2.39 bits per heavy atom. The minimum atomic E-state index is 0.647. The molecule has 2 aliphatic heterocycles. The first-order chi connectivity index (χ1) is 8.81. The maximum absolute atomic E-state index is 5.54. The normalized spacial score (nSPS) is 23.7. The number of hydrogen-bond acceptors (Lipinski definition) is 3. The Bertz CT molecular complexity index is 419. The van der Waals surface area contributed by atoms with Crippen LogP contribution >= 0.6 is 0 Å². The fraction of sp³-hybridized carbons (Fsp3) is 0.600. The zero-order chi connectivity index (χ0) is 12.4. The van der Waals surface area contributed by atoms with E-state index in [2.05, 4.69) is 35.5 Å². The molecule has 18 heavy (non-hydrogen) atoms. The van der Waals surface area contributed by atoms with Crippen molar-refractivity contribution < 1.29 is 4.74 Å². The van der Waals surface area contributed by atoms with Crippen LogP contribution in [0.25, 0.3) is 0 Å². The summed E-state index contributed by atoms with van der Waals surface area (Å²) in [5, 5.41) is 3.61. The van der Waals surface area contributed by atoms with Crippen molar-refractivity contribution in [2.45, 2.75) is 25.3 Å². The van der Waals surface area contributed by atoms with Gasteiger partial charge in [0.25, 0.3) is 0 Å². The fourth-order valence-corrected chi connectivity index (χ4v) is 2.92. The predicted octanol–water partition coefficient (Wildman–Crippen LogP) is 1.46. The van der Waals surface area contributed by atoms with Gasteiger partial charge in [0.2, 0.25) is 0 Å². The van der Waals surface area contributed by atoms with Gasteiger partial charge >= 0.3 is 0 Å². The molecule has 98 valence electrons. The highest BCUT2D eigenvalue weighted by atomic mass is 16.5. The minimum absolute atomic E-state index is 0.647. The summed E-state index contributed by atoms with van der Waals surface area (Å²) in [6, 6.07) is 7.33. The van der Waals surface area contributed by atoms with Crippen LogP contribution in [0.1, 0.15) is 17.5 Å². The summed E-state index contributed by atoms with van der Waals surface area (Å²) in [5.41, 5.74) is 2.84. The molecular weight excluding hydrogens is 224 g/mol. The van der Waals surface area contributed by atoms with Gasteiger partial charge in [-0.05, 0) is 37.1 Å². The molecule has 1 fully saturated rings. The molecule has 0 aliphatic carbocycles. The first kappa shape index (κ1) is 12.0. The van der Waals surface area contributed by atoms with E-state index in [1.807, 2.05) is 0 Å². The van der Waals surface area contributed by atoms with E-state index in [0.29, 0.717) is 6.04 Å². The summed E-state index contributed by atoms with van der Waals surface area (Å²) in [5.74, 6) is 1.09. The SMILES string of the molecule is CN1CCNC(CCc2ccc3c(c2)CCO3)C1. The summed E-state index contributed by atoms with van der Waals surface area (Å²) in [4.78, 5) is 2.41. The topological polar surface area (TPSA) is 24.5 Å². The third-order valence-electron chi connectivity index (χ3n) is 3.99. The van der Waals surface area contributed by atoms with Gasteiger partial charge in [-0.15, -0.1) is 0 Å². The van der Waals surface area contributed by atoms with E-state index in [4.69, 9.17) is 4.74 Å². The van der Waals surface area contributed by atoms with Gasteiger partial charge in [-0.1, -0.05) is 12.1 Å². The highest BCUT2D eigenvalue weighted by Crippen LogP contribution is 2.26. The molecule has 1 aromatic carbocycles. The van der Waals surface area contributed by atoms with Gasteiger partial charge in [-0.3, -0.25) is 0 Å². The van der Waals surface area contributed by atoms with Crippen molar-refractivity contribution in [2.75, 3.05) is 33.3 Å². The number of ether oxygens (including phenoxy) is 1. The number of rotatable bonds is 3. The van der Waals surface area contributed by atoms with Gasteiger partial charge in [0, 0.05) is 32.1 Å². The summed E-state index contributed by atoms with van der Waals surface area (Å²) >= 11 is 0. The summed E-state index contributed by atoms with van der Waals surface area (Å²) in [6.45, 7) is 4.33. The molecule has 2 heterocycles. The van der Waals surface area contributed by atoms with Crippen molar-refractivity contribution in [1.82, 2.24) is 10.2 Å². The van der Waals surface area contributed by atoms with E-state index in [0.717, 1.165) is 25.3 Å². The van der Waals surface area contributed by atoms with Gasteiger partial charge in [-0.25, -0.2) is 0 Å². The maximum atomic E-state index is 5.54. The predicted molar refractivity (Wildman–Crippen MR) is 73.2 cm³/mol. The second-order valence-corrected chi connectivity index (χ2v) is 5.49. The molecule has 0 amide bonds. The summed E-state index contributed by atoms with van der Waals surface area (Å²) < 4.78 is 5.54. The van der Waals surface area contributed by atoms with Crippen LogP contribution in [0.4, 0.5) is 0 Å². The Morgan fingerprint density at radius 3 is 3.28 bits per heavy atom. The molecule has 0 saturated carbocycles. The number of likely N-dealkylation sites (N-methyl/N-ethyl adjacent to an activating group) is 1. The zero-order valence-electron chi connectivity index (χ0n) is 11.1. The average Bonchev–Trinajstić information content (AvgIpc) is 2.84. The first-order valence-electron chi connectivity index (χ1n) is 6.98. The Kier molecular flexibility index (Phi) is 3.52. The molecule has 1 saturated heterocycles. The van der Waals surface area contributed by atoms with E-state index < -0.39 is 0 Å². The van der Waals surface area contributed by atoms with E-state index in [1.165, 1.54) is 37.1 Å². The van der Waals surface area contributed by atoms with Crippen molar-refractivity contribution in [3.63, 3.8) is 0 Å². The third kappa shape index (κ3) is 2.68. The number of piperazine rings is 1. The van der Waals surface area contributed by atoms with E-state index in [1.54, 1.807) is 0 Å². The highest BCUT2D eigenvalue weighted by molar-refractivity contribution is 5.39. The molecule has 3 nitrogen and oxygen atoms in total. The van der Waals surface area contributed by atoms with Crippen molar-refractivity contribution >= 4 is 0 Å². The lowest BCUT2D eigenvalue weighted by Crippen LogP contribution is -2.49. The Hall–Kier alpha value is -1.06. The number of hydrogen-bond donors (Lipinski definition) is 1. The number of nitrogens with zero attached hydrogens (tertiary/aromatic N) is 1. The molecule has 1 aromatic rings. The van der Waals surface area contributed by atoms with E-state index in [9.17, 15) is 0 Å². The van der Waals surface area contributed by atoms with Crippen LogP contribution in [0.15, 0.2) is 18.2 Å². The number of aryl methyl sites for hydroxylation is 1. The molecule has 0 radical (unpaired) electrons.